The van der Waals surface area contributed by atoms with Gasteiger partial charge in [0.05, 0.1) is 20.7 Å². The summed E-state index contributed by atoms with van der Waals surface area (Å²) in [5.74, 6) is -2.73. The molecular formula is C20H23ClO6S. The third-order valence-corrected chi connectivity index (χ3v) is 6.80. The zero-order valence-electron chi connectivity index (χ0n) is 16.6. The Kier molecular flexibility index (Phi) is 5.42. The van der Waals surface area contributed by atoms with E-state index < -0.39 is 49.3 Å². The molecule has 0 saturated heterocycles. The van der Waals surface area contributed by atoms with Crippen LogP contribution in [0, 0.1) is 10.8 Å². The Morgan fingerprint density at radius 3 is 2.11 bits per heavy atom. The van der Waals surface area contributed by atoms with Gasteiger partial charge in [-0.3, -0.25) is 14.4 Å². The van der Waals surface area contributed by atoms with Crippen molar-refractivity contribution < 1.29 is 27.9 Å². The zero-order chi connectivity index (χ0) is 21.8. The van der Waals surface area contributed by atoms with Gasteiger partial charge in [-0.2, -0.15) is 0 Å². The highest BCUT2D eigenvalue weighted by Gasteiger charge is 2.54. The van der Waals surface area contributed by atoms with Crippen LogP contribution in [0.5, 0.6) is 0 Å². The van der Waals surface area contributed by atoms with E-state index in [4.69, 9.17) is 11.6 Å². The van der Waals surface area contributed by atoms with E-state index >= 15 is 0 Å². The molecule has 0 unspecified atom stereocenters. The second kappa shape index (κ2) is 6.81. The van der Waals surface area contributed by atoms with Gasteiger partial charge in [0, 0.05) is 11.8 Å². The van der Waals surface area contributed by atoms with Crippen LogP contribution in [0.15, 0.2) is 28.4 Å². The van der Waals surface area contributed by atoms with Gasteiger partial charge >= 0.3 is 0 Å². The molecule has 2 rings (SSSR count). The molecule has 0 aliphatic heterocycles. The van der Waals surface area contributed by atoms with Crippen LogP contribution in [-0.4, -0.2) is 37.1 Å². The number of sulfone groups is 1. The molecule has 0 heterocycles. The lowest BCUT2D eigenvalue weighted by Crippen LogP contribution is -2.50. The maximum absolute atomic E-state index is 13.2. The Morgan fingerprint density at radius 1 is 1.11 bits per heavy atom. The SMILES string of the molecule is CCc1c(S(C)(=O)=O)ccc(C(=O)C2=C(O)C(C)(C)C(=O)C(C)(C)C2=O)c1Cl. The van der Waals surface area contributed by atoms with E-state index in [1.165, 1.54) is 39.8 Å². The molecule has 0 radical (unpaired) electrons. The summed E-state index contributed by atoms with van der Waals surface area (Å²) in [5, 5.41) is 10.5. The first kappa shape index (κ1) is 22.3. The molecule has 0 atom stereocenters. The molecule has 8 heteroatoms. The number of halogens is 1. The summed E-state index contributed by atoms with van der Waals surface area (Å²) in [4.78, 5) is 38.6. The van der Waals surface area contributed by atoms with E-state index in [2.05, 4.69) is 0 Å². The van der Waals surface area contributed by atoms with E-state index in [-0.39, 0.29) is 27.5 Å². The monoisotopic (exact) mass is 426 g/mol. The Morgan fingerprint density at radius 2 is 1.64 bits per heavy atom. The topological polar surface area (TPSA) is 106 Å². The van der Waals surface area contributed by atoms with Gasteiger partial charge in [0.1, 0.15) is 11.3 Å². The minimum Gasteiger partial charge on any atom is -0.510 e. The lowest BCUT2D eigenvalue weighted by Gasteiger charge is -2.37. The van der Waals surface area contributed by atoms with E-state index in [1.54, 1.807) is 6.92 Å². The number of hydrogen-bond donors (Lipinski definition) is 1. The molecule has 1 aliphatic rings. The van der Waals surface area contributed by atoms with Crippen molar-refractivity contribution in [3.8, 4) is 0 Å². The van der Waals surface area contributed by atoms with E-state index in [1.807, 2.05) is 0 Å². The van der Waals surface area contributed by atoms with Gasteiger partial charge in [-0.25, -0.2) is 8.42 Å². The molecule has 6 nitrogen and oxygen atoms in total. The van der Waals surface area contributed by atoms with Crippen LogP contribution in [0.4, 0.5) is 0 Å². The molecule has 0 aromatic heterocycles. The highest BCUT2D eigenvalue weighted by atomic mass is 35.5. The highest BCUT2D eigenvalue weighted by Crippen LogP contribution is 2.44. The molecule has 28 heavy (non-hydrogen) atoms. The number of benzene rings is 1. The van der Waals surface area contributed by atoms with Crippen LogP contribution >= 0.6 is 11.6 Å². The van der Waals surface area contributed by atoms with Crippen molar-refractivity contribution in [3.63, 3.8) is 0 Å². The summed E-state index contributed by atoms with van der Waals surface area (Å²) < 4.78 is 23.9. The van der Waals surface area contributed by atoms with Crippen molar-refractivity contribution in [3.05, 3.63) is 39.6 Å². The number of hydrogen-bond acceptors (Lipinski definition) is 6. The van der Waals surface area contributed by atoms with Crippen molar-refractivity contribution in [2.24, 2.45) is 10.8 Å². The lowest BCUT2D eigenvalue weighted by atomic mass is 9.62. The van der Waals surface area contributed by atoms with Gasteiger partial charge in [0.2, 0.25) is 5.78 Å². The van der Waals surface area contributed by atoms with Crippen molar-refractivity contribution in [1.82, 2.24) is 0 Å². The van der Waals surface area contributed by atoms with Gasteiger partial charge in [-0.15, -0.1) is 0 Å². The Labute approximate surface area is 169 Å². The van der Waals surface area contributed by atoms with Crippen molar-refractivity contribution in [2.45, 2.75) is 45.9 Å². The maximum atomic E-state index is 13.2. The first-order valence-corrected chi connectivity index (χ1v) is 11.0. The van der Waals surface area contributed by atoms with Crippen molar-refractivity contribution in [2.75, 3.05) is 6.26 Å². The summed E-state index contributed by atoms with van der Waals surface area (Å²) >= 11 is 6.33. The van der Waals surface area contributed by atoms with Crippen LogP contribution in [-0.2, 0) is 25.8 Å². The highest BCUT2D eigenvalue weighted by molar-refractivity contribution is 7.90. The average molecular weight is 427 g/mol. The molecule has 1 aromatic rings. The zero-order valence-corrected chi connectivity index (χ0v) is 18.2. The first-order chi connectivity index (χ1) is 12.6. The minimum atomic E-state index is -3.57. The molecular weight excluding hydrogens is 404 g/mol. The van der Waals surface area contributed by atoms with Gasteiger partial charge in [0.15, 0.2) is 21.4 Å². The summed E-state index contributed by atoms with van der Waals surface area (Å²) in [6, 6.07) is 2.49. The number of aliphatic hydroxyl groups is 1. The molecule has 1 aliphatic carbocycles. The summed E-state index contributed by atoms with van der Waals surface area (Å²) in [5.41, 5.74) is -3.25. The van der Waals surface area contributed by atoms with Crippen molar-refractivity contribution in [1.29, 1.82) is 0 Å². The van der Waals surface area contributed by atoms with Gasteiger partial charge in [0.25, 0.3) is 0 Å². The second-order valence-electron chi connectivity index (χ2n) is 7.99. The largest absolute Gasteiger partial charge is 0.510 e. The lowest BCUT2D eigenvalue weighted by molar-refractivity contribution is -0.144. The second-order valence-corrected chi connectivity index (χ2v) is 10.4. The summed E-state index contributed by atoms with van der Waals surface area (Å²) in [6.07, 6.45) is 1.28. The third-order valence-electron chi connectivity index (χ3n) is 5.18. The number of carbonyl (C=O) groups is 3. The number of allylic oxidation sites excluding steroid dienone is 2. The number of Topliss-reactive ketones (excluding diaryl/α,β-unsaturated/α-hetero) is 3. The number of carbonyl (C=O) groups excluding carboxylic acids is 3. The van der Waals surface area contributed by atoms with E-state index in [0.717, 1.165) is 6.26 Å². The van der Waals surface area contributed by atoms with E-state index in [9.17, 15) is 27.9 Å². The number of ketones is 3. The molecule has 0 amide bonds. The molecule has 0 fully saturated rings. The van der Waals surface area contributed by atoms with Crippen LogP contribution in [0.3, 0.4) is 0 Å². The van der Waals surface area contributed by atoms with Gasteiger partial charge in [-0.1, -0.05) is 18.5 Å². The number of rotatable bonds is 4. The first-order valence-electron chi connectivity index (χ1n) is 8.69. The molecule has 1 aromatic carbocycles. The quantitative estimate of drug-likeness (QED) is 0.448. The third kappa shape index (κ3) is 3.20. The van der Waals surface area contributed by atoms with E-state index in [0.29, 0.717) is 0 Å². The van der Waals surface area contributed by atoms with Crippen LogP contribution in [0.1, 0.15) is 50.5 Å². The van der Waals surface area contributed by atoms with Crippen molar-refractivity contribution >= 4 is 38.8 Å². The predicted molar refractivity (Wildman–Crippen MR) is 106 cm³/mol. The molecule has 0 spiro atoms. The number of aliphatic hydroxyl groups excluding tert-OH is 1. The Hall–Kier alpha value is -1.99. The predicted octanol–water partition coefficient (Wildman–Crippen LogP) is 3.50. The molecule has 1 N–H and O–H groups in total. The van der Waals surface area contributed by atoms with Crippen LogP contribution < -0.4 is 0 Å². The fraction of sp³-hybridized carbons (Fsp3) is 0.450. The maximum Gasteiger partial charge on any atom is 0.201 e. The van der Waals surface area contributed by atoms with Crippen LogP contribution in [0.25, 0.3) is 0 Å². The Bertz CT molecular complexity index is 1040. The standard InChI is InChI=1S/C20H23ClO6S/c1-7-10-12(28(6,26)27)9-8-11(14(10)21)15(22)13-16(23)19(2,3)18(25)20(4,5)17(13)24/h8-9,23H,7H2,1-6H3. The normalized spacial score (nSPS) is 19.1. The molecule has 0 bridgehead atoms. The van der Waals surface area contributed by atoms with Gasteiger partial charge in [-0.05, 0) is 51.8 Å². The average Bonchev–Trinajstić information content (AvgIpc) is 2.58. The smallest absolute Gasteiger partial charge is 0.201 e. The van der Waals surface area contributed by atoms with Gasteiger partial charge < -0.3 is 5.11 Å². The molecule has 0 saturated carbocycles. The van der Waals surface area contributed by atoms with Crippen LogP contribution in [0.2, 0.25) is 5.02 Å². The Balaban J connectivity index is 2.78. The molecule has 152 valence electrons. The fourth-order valence-electron chi connectivity index (χ4n) is 3.53. The summed E-state index contributed by atoms with van der Waals surface area (Å²) in [7, 11) is -3.57. The minimum absolute atomic E-state index is 0.000518. The summed E-state index contributed by atoms with van der Waals surface area (Å²) in [6.45, 7) is 7.39. The fourth-order valence-corrected chi connectivity index (χ4v) is 4.97.